The summed E-state index contributed by atoms with van der Waals surface area (Å²) < 4.78 is 0. The predicted molar refractivity (Wildman–Crippen MR) is 74.3 cm³/mol. The Morgan fingerprint density at radius 1 is 1.44 bits per heavy atom. The van der Waals surface area contributed by atoms with Crippen LogP contribution in [0.15, 0.2) is 0 Å². The highest BCUT2D eigenvalue weighted by Gasteiger charge is 2.41. The largest absolute Gasteiger partial charge is 0.376 e. The average molecular weight is 242 g/mol. The minimum absolute atomic E-state index is 0.380. The highest BCUT2D eigenvalue weighted by atomic mass is 32.1. The van der Waals surface area contributed by atoms with E-state index >= 15 is 0 Å². The quantitative estimate of drug-likeness (QED) is 0.747. The number of nitrogens with one attached hydrogen (secondary N) is 1. The molecule has 1 saturated carbocycles. The zero-order valence-electron chi connectivity index (χ0n) is 11.1. The Morgan fingerprint density at radius 2 is 2.06 bits per heavy atom. The van der Waals surface area contributed by atoms with E-state index in [1.807, 2.05) is 0 Å². The summed E-state index contributed by atoms with van der Waals surface area (Å²) in [5.41, 5.74) is 6.38. The summed E-state index contributed by atoms with van der Waals surface area (Å²) in [6.45, 7) is 10.4. The molecule has 1 aliphatic rings. The van der Waals surface area contributed by atoms with E-state index in [4.69, 9.17) is 18.0 Å². The van der Waals surface area contributed by atoms with E-state index in [0.717, 1.165) is 12.5 Å². The molecule has 0 saturated heterocycles. The summed E-state index contributed by atoms with van der Waals surface area (Å²) in [7, 11) is 0. The molecule has 2 atom stereocenters. The molecule has 0 amide bonds. The van der Waals surface area contributed by atoms with Crippen LogP contribution in [0.5, 0.6) is 0 Å². The molecular formula is C13H26N2S. The first kappa shape index (κ1) is 13.8. The molecule has 1 aliphatic carbocycles. The van der Waals surface area contributed by atoms with Gasteiger partial charge in [-0.15, -0.1) is 0 Å². The molecule has 3 heteroatoms. The Labute approximate surface area is 105 Å². The van der Waals surface area contributed by atoms with Gasteiger partial charge in [0.2, 0.25) is 0 Å². The van der Waals surface area contributed by atoms with E-state index in [1.165, 1.54) is 25.7 Å². The van der Waals surface area contributed by atoms with Gasteiger partial charge >= 0.3 is 0 Å². The van der Waals surface area contributed by atoms with Crippen molar-refractivity contribution in [3.8, 4) is 0 Å². The Kier molecular flexibility index (Phi) is 4.22. The summed E-state index contributed by atoms with van der Waals surface area (Å²) in [4.78, 5) is 0. The van der Waals surface area contributed by atoms with Crippen LogP contribution in [-0.2, 0) is 0 Å². The molecule has 0 aromatic heterocycles. The van der Waals surface area contributed by atoms with E-state index < -0.39 is 0 Å². The van der Waals surface area contributed by atoms with Crippen molar-refractivity contribution in [2.45, 2.75) is 53.4 Å². The van der Waals surface area contributed by atoms with Crippen molar-refractivity contribution < 1.29 is 0 Å². The Morgan fingerprint density at radius 3 is 2.50 bits per heavy atom. The van der Waals surface area contributed by atoms with Crippen molar-refractivity contribution in [1.29, 1.82) is 0 Å². The SMILES string of the molecule is CCC1(CNC(N)=S)CC(C)CC(C)(C)C1. The second-order valence-electron chi connectivity index (χ2n) is 6.43. The molecule has 0 aliphatic heterocycles. The second kappa shape index (κ2) is 4.91. The molecular weight excluding hydrogens is 216 g/mol. The number of nitrogens with two attached hydrogens (primary N) is 1. The lowest BCUT2D eigenvalue weighted by Crippen LogP contribution is -2.45. The maximum absolute atomic E-state index is 5.55. The van der Waals surface area contributed by atoms with Crippen LogP contribution in [-0.4, -0.2) is 11.7 Å². The molecule has 0 bridgehead atoms. The lowest BCUT2D eigenvalue weighted by Gasteiger charge is -2.47. The van der Waals surface area contributed by atoms with Crippen molar-refractivity contribution in [2.24, 2.45) is 22.5 Å². The van der Waals surface area contributed by atoms with E-state index in [2.05, 4.69) is 33.0 Å². The molecule has 3 N–H and O–H groups in total. The van der Waals surface area contributed by atoms with Gasteiger partial charge in [-0.1, -0.05) is 27.7 Å². The predicted octanol–water partition coefficient (Wildman–Crippen LogP) is 3.06. The summed E-state index contributed by atoms with van der Waals surface area (Å²) in [5, 5.41) is 3.61. The van der Waals surface area contributed by atoms with Crippen LogP contribution in [0.25, 0.3) is 0 Å². The average Bonchev–Trinajstić information content (AvgIpc) is 2.11. The van der Waals surface area contributed by atoms with Gasteiger partial charge in [0.15, 0.2) is 5.11 Å². The molecule has 16 heavy (non-hydrogen) atoms. The van der Waals surface area contributed by atoms with Crippen LogP contribution in [0.1, 0.15) is 53.4 Å². The van der Waals surface area contributed by atoms with Crippen molar-refractivity contribution in [3.05, 3.63) is 0 Å². The number of hydrogen-bond acceptors (Lipinski definition) is 1. The molecule has 2 nitrogen and oxygen atoms in total. The van der Waals surface area contributed by atoms with Gasteiger partial charge in [-0.2, -0.15) is 0 Å². The smallest absolute Gasteiger partial charge is 0.163 e. The molecule has 2 unspecified atom stereocenters. The van der Waals surface area contributed by atoms with E-state index in [9.17, 15) is 0 Å². The third-order valence-electron chi connectivity index (χ3n) is 3.92. The van der Waals surface area contributed by atoms with Gasteiger partial charge in [0.25, 0.3) is 0 Å². The Hall–Kier alpha value is -0.310. The van der Waals surface area contributed by atoms with E-state index in [1.54, 1.807) is 0 Å². The maximum Gasteiger partial charge on any atom is 0.163 e. The summed E-state index contributed by atoms with van der Waals surface area (Å²) in [6, 6.07) is 0. The lowest BCUT2D eigenvalue weighted by molar-refractivity contribution is 0.0468. The van der Waals surface area contributed by atoms with Crippen LogP contribution in [0, 0.1) is 16.7 Å². The zero-order valence-corrected chi connectivity index (χ0v) is 11.9. The standard InChI is InChI=1S/C13H26N2S/c1-5-13(9-15-11(14)16)7-10(2)6-12(3,4)8-13/h10H,5-9H2,1-4H3,(H3,14,15,16). The van der Waals surface area contributed by atoms with Crippen molar-refractivity contribution >= 4 is 17.3 Å². The van der Waals surface area contributed by atoms with Gasteiger partial charge < -0.3 is 11.1 Å². The van der Waals surface area contributed by atoms with Crippen LogP contribution in [0.2, 0.25) is 0 Å². The van der Waals surface area contributed by atoms with Crippen LogP contribution in [0.4, 0.5) is 0 Å². The topological polar surface area (TPSA) is 38.0 Å². The first-order valence-electron chi connectivity index (χ1n) is 6.32. The molecule has 1 rings (SSSR count). The third-order valence-corrected chi connectivity index (χ3v) is 4.07. The van der Waals surface area contributed by atoms with Gasteiger partial charge in [-0.25, -0.2) is 0 Å². The van der Waals surface area contributed by atoms with E-state index in [0.29, 0.717) is 15.9 Å². The highest BCUT2D eigenvalue weighted by molar-refractivity contribution is 7.80. The van der Waals surface area contributed by atoms with Gasteiger partial charge in [0, 0.05) is 6.54 Å². The monoisotopic (exact) mass is 242 g/mol. The normalized spacial score (nSPS) is 33.4. The third kappa shape index (κ3) is 3.62. The fraction of sp³-hybridized carbons (Fsp3) is 0.923. The van der Waals surface area contributed by atoms with Gasteiger partial charge in [-0.05, 0) is 54.6 Å². The van der Waals surface area contributed by atoms with Crippen molar-refractivity contribution in [2.75, 3.05) is 6.54 Å². The van der Waals surface area contributed by atoms with Crippen molar-refractivity contribution in [3.63, 3.8) is 0 Å². The van der Waals surface area contributed by atoms with Crippen LogP contribution < -0.4 is 11.1 Å². The molecule has 0 spiro atoms. The lowest BCUT2D eigenvalue weighted by atomic mass is 9.59. The van der Waals surface area contributed by atoms with E-state index in [-0.39, 0.29) is 0 Å². The minimum atomic E-state index is 0.380. The Bertz CT molecular complexity index is 263. The summed E-state index contributed by atoms with van der Waals surface area (Å²) >= 11 is 4.91. The summed E-state index contributed by atoms with van der Waals surface area (Å²) in [6.07, 6.45) is 5.11. The molecule has 0 radical (unpaired) electrons. The van der Waals surface area contributed by atoms with Crippen LogP contribution >= 0.6 is 12.2 Å². The Balaban J connectivity index is 2.73. The molecule has 94 valence electrons. The second-order valence-corrected chi connectivity index (χ2v) is 6.87. The minimum Gasteiger partial charge on any atom is -0.376 e. The fourth-order valence-corrected chi connectivity index (χ4v) is 3.79. The number of rotatable bonds is 3. The van der Waals surface area contributed by atoms with Gasteiger partial charge in [-0.3, -0.25) is 0 Å². The van der Waals surface area contributed by atoms with Gasteiger partial charge in [0.1, 0.15) is 0 Å². The number of thiocarbonyl (C=S) groups is 1. The molecule has 0 aromatic rings. The maximum atomic E-state index is 5.55. The molecule has 0 aromatic carbocycles. The van der Waals surface area contributed by atoms with Gasteiger partial charge in [0.05, 0.1) is 0 Å². The summed E-state index contributed by atoms with van der Waals surface area (Å²) in [5.74, 6) is 0.803. The zero-order chi connectivity index (χ0) is 12.4. The van der Waals surface area contributed by atoms with Crippen LogP contribution in [0.3, 0.4) is 0 Å². The first-order chi connectivity index (χ1) is 7.29. The highest BCUT2D eigenvalue weighted by Crippen LogP contribution is 2.49. The fourth-order valence-electron chi connectivity index (χ4n) is 3.72. The number of hydrogen-bond donors (Lipinski definition) is 2. The molecule has 1 fully saturated rings. The van der Waals surface area contributed by atoms with Crippen molar-refractivity contribution in [1.82, 2.24) is 5.32 Å². The first-order valence-corrected chi connectivity index (χ1v) is 6.73. The molecule has 0 heterocycles.